The molecule has 0 spiro atoms. The first kappa shape index (κ1) is 17.8. The summed E-state index contributed by atoms with van der Waals surface area (Å²) >= 11 is 0. The Hall–Kier alpha value is -1.24. The van der Waals surface area contributed by atoms with Gasteiger partial charge in [0.1, 0.15) is 5.75 Å². The van der Waals surface area contributed by atoms with Crippen molar-refractivity contribution in [3.8, 4) is 5.75 Å². The highest BCUT2D eigenvalue weighted by Crippen LogP contribution is 2.31. The van der Waals surface area contributed by atoms with Gasteiger partial charge < -0.3 is 4.74 Å². The Morgan fingerprint density at radius 3 is 2.33 bits per heavy atom. The third kappa shape index (κ3) is 5.95. The third-order valence-corrected chi connectivity index (χ3v) is 3.69. The molecule has 0 N–H and O–H groups in total. The second-order valence-electron chi connectivity index (χ2n) is 6.67. The Bertz CT molecular complexity index is 443. The van der Waals surface area contributed by atoms with Crippen LogP contribution in [0.2, 0.25) is 0 Å². The van der Waals surface area contributed by atoms with Gasteiger partial charge in [0.2, 0.25) is 0 Å². The van der Waals surface area contributed by atoms with E-state index in [-0.39, 0.29) is 0 Å². The van der Waals surface area contributed by atoms with Gasteiger partial charge in [-0.1, -0.05) is 65.8 Å². The molecule has 1 aromatic carbocycles. The van der Waals surface area contributed by atoms with Crippen molar-refractivity contribution in [2.45, 2.75) is 66.2 Å². The predicted molar refractivity (Wildman–Crippen MR) is 93.3 cm³/mol. The fourth-order valence-corrected chi connectivity index (χ4v) is 2.32. The second-order valence-corrected chi connectivity index (χ2v) is 6.67. The van der Waals surface area contributed by atoms with Crippen LogP contribution in [0.15, 0.2) is 30.4 Å². The molecular formula is C20H32O. The zero-order valence-corrected chi connectivity index (χ0v) is 14.6. The van der Waals surface area contributed by atoms with Crippen LogP contribution in [0.25, 0.3) is 0 Å². The normalized spacial score (nSPS) is 13.3. The summed E-state index contributed by atoms with van der Waals surface area (Å²) in [4.78, 5) is 0. The molecule has 0 aliphatic heterocycles. The van der Waals surface area contributed by atoms with E-state index in [2.05, 4.69) is 71.9 Å². The van der Waals surface area contributed by atoms with Crippen molar-refractivity contribution in [3.63, 3.8) is 0 Å². The molecule has 0 aliphatic rings. The lowest BCUT2D eigenvalue weighted by Gasteiger charge is -2.18. The van der Waals surface area contributed by atoms with E-state index in [0.29, 0.717) is 17.8 Å². The van der Waals surface area contributed by atoms with Gasteiger partial charge in [0, 0.05) is 0 Å². The fraction of sp³-hybridized carbons (Fsp3) is 0.600. The average molecular weight is 288 g/mol. The highest BCUT2D eigenvalue weighted by Gasteiger charge is 2.12. The van der Waals surface area contributed by atoms with Crippen LogP contribution in [0, 0.1) is 5.92 Å². The van der Waals surface area contributed by atoms with E-state index in [4.69, 9.17) is 4.74 Å². The van der Waals surface area contributed by atoms with E-state index >= 15 is 0 Å². The molecule has 0 fully saturated rings. The van der Waals surface area contributed by atoms with Gasteiger partial charge in [-0.25, -0.2) is 0 Å². The minimum atomic E-state index is 0.491. The van der Waals surface area contributed by atoms with Crippen molar-refractivity contribution >= 4 is 0 Å². The van der Waals surface area contributed by atoms with E-state index in [1.165, 1.54) is 11.1 Å². The molecule has 1 aromatic rings. The maximum atomic E-state index is 5.98. The summed E-state index contributed by atoms with van der Waals surface area (Å²) in [6, 6.07) is 6.73. The first-order valence-electron chi connectivity index (χ1n) is 8.37. The first-order chi connectivity index (χ1) is 9.95. The van der Waals surface area contributed by atoms with Crippen LogP contribution < -0.4 is 4.74 Å². The third-order valence-electron chi connectivity index (χ3n) is 3.69. The Balaban J connectivity index is 2.89. The molecule has 0 bridgehead atoms. The number of ether oxygens (including phenoxy) is 1. The van der Waals surface area contributed by atoms with Crippen molar-refractivity contribution in [2.24, 2.45) is 5.92 Å². The topological polar surface area (TPSA) is 9.23 Å². The molecular weight excluding hydrogens is 256 g/mol. The molecule has 0 aliphatic carbocycles. The lowest BCUT2D eigenvalue weighted by atomic mass is 9.92. The molecule has 0 heterocycles. The summed E-state index contributed by atoms with van der Waals surface area (Å²) in [5.41, 5.74) is 2.75. The smallest absolute Gasteiger partial charge is 0.122 e. The Morgan fingerprint density at radius 2 is 1.76 bits per heavy atom. The minimum absolute atomic E-state index is 0.491. The van der Waals surface area contributed by atoms with Gasteiger partial charge in [-0.05, 0) is 47.8 Å². The van der Waals surface area contributed by atoms with Crippen LogP contribution in [0.3, 0.4) is 0 Å². The van der Waals surface area contributed by atoms with E-state index in [9.17, 15) is 0 Å². The summed E-state index contributed by atoms with van der Waals surface area (Å²) in [6.07, 6.45) is 6.77. The SMILES string of the molecule is CC/C=C\CC(C)c1ccc(OCC(C)C)c(C(C)C)c1. The Kier molecular flexibility index (Phi) is 7.56. The lowest BCUT2D eigenvalue weighted by molar-refractivity contribution is 0.267. The zero-order valence-electron chi connectivity index (χ0n) is 14.6. The fourth-order valence-electron chi connectivity index (χ4n) is 2.32. The molecule has 0 saturated heterocycles. The Morgan fingerprint density at radius 1 is 1.05 bits per heavy atom. The van der Waals surface area contributed by atoms with Gasteiger partial charge in [0.15, 0.2) is 0 Å². The number of hydrogen-bond donors (Lipinski definition) is 0. The number of benzene rings is 1. The molecule has 1 heteroatoms. The van der Waals surface area contributed by atoms with Crippen LogP contribution in [0.1, 0.15) is 77.3 Å². The maximum absolute atomic E-state index is 5.98. The first-order valence-corrected chi connectivity index (χ1v) is 8.37. The van der Waals surface area contributed by atoms with Gasteiger partial charge in [-0.15, -0.1) is 0 Å². The van der Waals surface area contributed by atoms with Gasteiger partial charge in [-0.3, -0.25) is 0 Å². The van der Waals surface area contributed by atoms with E-state index in [1.54, 1.807) is 0 Å². The summed E-state index contributed by atoms with van der Waals surface area (Å²) < 4.78 is 5.98. The van der Waals surface area contributed by atoms with E-state index < -0.39 is 0 Å². The van der Waals surface area contributed by atoms with Gasteiger partial charge in [0.05, 0.1) is 6.61 Å². The van der Waals surface area contributed by atoms with Crippen molar-refractivity contribution in [1.29, 1.82) is 0 Å². The largest absolute Gasteiger partial charge is 0.493 e. The molecule has 0 amide bonds. The number of allylic oxidation sites excluding steroid dienone is 2. The molecule has 1 nitrogen and oxygen atoms in total. The van der Waals surface area contributed by atoms with Crippen LogP contribution >= 0.6 is 0 Å². The second kappa shape index (κ2) is 8.92. The van der Waals surface area contributed by atoms with Crippen LogP contribution in [-0.2, 0) is 0 Å². The molecule has 21 heavy (non-hydrogen) atoms. The minimum Gasteiger partial charge on any atom is -0.493 e. The van der Waals surface area contributed by atoms with Gasteiger partial charge in [0.25, 0.3) is 0 Å². The van der Waals surface area contributed by atoms with Crippen LogP contribution in [-0.4, -0.2) is 6.61 Å². The molecule has 0 saturated carbocycles. The highest BCUT2D eigenvalue weighted by atomic mass is 16.5. The molecule has 1 unspecified atom stereocenters. The van der Waals surface area contributed by atoms with E-state index in [0.717, 1.165) is 25.2 Å². The Labute approximate surface area is 131 Å². The van der Waals surface area contributed by atoms with Crippen LogP contribution in [0.4, 0.5) is 0 Å². The predicted octanol–water partition coefficient (Wildman–Crippen LogP) is 6.30. The standard InChI is InChI=1S/C20H32O/c1-7-8-9-10-17(6)18-11-12-20(21-14-15(2)3)19(13-18)16(4)5/h8-9,11-13,15-17H,7,10,14H2,1-6H3/b9-8-. The molecule has 1 atom stereocenters. The van der Waals surface area contributed by atoms with Crippen molar-refractivity contribution in [2.75, 3.05) is 6.61 Å². The summed E-state index contributed by atoms with van der Waals surface area (Å²) in [6.45, 7) is 14.1. The zero-order chi connectivity index (χ0) is 15.8. The summed E-state index contributed by atoms with van der Waals surface area (Å²) in [5, 5.41) is 0. The van der Waals surface area contributed by atoms with Gasteiger partial charge in [-0.2, -0.15) is 0 Å². The van der Waals surface area contributed by atoms with Crippen molar-refractivity contribution in [3.05, 3.63) is 41.5 Å². The lowest BCUT2D eigenvalue weighted by Crippen LogP contribution is -2.07. The monoisotopic (exact) mass is 288 g/mol. The van der Waals surface area contributed by atoms with Crippen molar-refractivity contribution in [1.82, 2.24) is 0 Å². The molecule has 1 rings (SSSR count). The quantitative estimate of drug-likeness (QED) is 0.510. The van der Waals surface area contributed by atoms with Crippen LogP contribution in [0.5, 0.6) is 5.75 Å². The van der Waals surface area contributed by atoms with E-state index in [1.807, 2.05) is 0 Å². The molecule has 0 radical (unpaired) electrons. The number of hydrogen-bond acceptors (Lipinski definition) is 1. The highest BCUT2D eigenvalue weighted by molar-refractivity contribution is 5.40. The summed E-state index contributed by atoms with van der Waals surface area (Å²) in [7, 11) is 0. The van der Waals surface area contributed by atoms with Gasteiger partial charge >= 0.3 is 0 Å². The van der Waals surface area contributed by atoms with Crippen molar-refractivity contribution < 1.29 is 4.74 Å². The maximum Gasteiger partial charge on any atom is 0.122 e. The molecule has 118 valence electrons. The summed E-state index contributed by atoms with van der Waals surface area (Å²) in [5.74, 6) is 2.66. The number of rotatable bonds is 8. The average Bonchev–Trinajstić information content (AvgIpc) is 2.44. The molecule has 0 aromatic heterocycles.